The van der Waals surface area contributed by atoms with Gasteiger partial charge in [0.05, 0.1) is 29.6 Å². The van der Waals surface area contributed by atoms with Gasteiger partial charge in [0.15, 0.2) is 0 Å². The number of carbonyl (C=O) groups is 7. The van der Waals surface area contributed by atoms with Crippen LogP contribution in [0.4, 0.5) is 23.1 Å². The van der Waals surface area contributed by atoms with Crippen molar-refractivity contribution in [2.45, 2.75) is 102 Å². The molecule has 1 atom stereocenters. The second-order valence-corrected chi connectivity index (χ2v) is 20.1. The summed E-state index contributed by atoms with van der Waals surface area (Å²) in [4.78, 5) is 110. The van der Waals surface area contributed by atoms with E-state index in [0.717, 1.165) is 120 Å². The van der Waals surface area contributed by atoms with E-state index in [-0.39, 0.29) is 65.7 Å². The number of carbonyl (C=O) groups excluding carboxylic acids is 7. The van der Waals surface area contributed by atoms with E-state index in [2.05, 4.69) is 40.8 Å². The predicted molar refractivity (Wildman–Crippen MR) is 251 cm³/mol. The van der Waals surface area contributed by atoms with Crippen molar-refractivity contribution in [2.24, 2.45) is 24.3 Å². The zero-order valence-electron chi connectivity index (χ0n) is 39.5. The Kier molecular flexibility index (Phi) is 12.9. The topological polar surface area (TPSA) is 225 Å². The van der Waals surface area contributed by atoms with Gasteiger partial charge in [0.2, 0.25) is 29.6 Å². The number of piperazine rings is 1. The Hall–Kier alpha value is -6.44. The molecule has 0 bridgehead atoms. The quantitative estimate of drug-likeness (QED) is 0.185. The van der Waals surface area contributed by atoms with Crippen molar-refractivity contribution in [3.05, 3.63) is 53.5 Å². The van der Waals surface area contributed by atoms with Gasteiger partial charge in [-0.15, -0.1) is 0 Å². The first kappa shape index (κ1) is 46.3. The van der Waals surface area contributed by atoms with Crippen LogP contribution in [0, 0.1) is 17.3 Å². The molecule has 6 amide bonds. The van der Waals surface area contributed by atoms with Crippen molar-refractivity contribution in [2.75, 3.05) is 74.5 Å². The first-order valence-electron chi connectivity index (χ1n) is 24.8. The molecule has 3 aromatic rings. The molecule has 1 spiro atoms. The highest BCUT2D eigenvalue weighted by molar-refractivity contribution is 6.23. The van der Waals surface area contributed by atoms with Crippen LogP contribution in [0.1, 0.15) is 115 Å². The van der Waals surface area contributed by atoms with Gasteiger partial charge in [0.25, 0.3) is 11.8 Å². The first-order valence-corrected chi connectivity index (χ1v) is 24.8. The van der Waals surface area contributed by atoms with Gasteiger partial charge in [-0.25, -0.2) is 9.78 Å². The molecule has 2 aliphatic carbocycles. The number of benzene rings is 1. The summed E-state index contributed by atoms with van der Waals surface area (Å²) in [7, 11) is 1.83. The number of likely N-dealkylation sites (tertiary alicyclic amines) is 1. The van der Waals surface area contributed by atoms with Crippen molar-refractivity contribution in [1.82, 2.24) is 44.7 Å². The zero-order chi connectivity index (χ0) is 48.0. The van der Waals surface area contributed by atoms with Crippen LogP contribution in [0.2, 0.25) is 0 Å². The fourth-order valence-corrected chi connectivity index (χ4v) is 11.8. The molecule has 5 aliphatic heterocycles. The monoisotopic (exact) mass is 946 g/mol. The molecule has 10 rings (SSSR count). The third-order valence-corrected chi connectivity index (χ3v) is 15.8. The van der Waals surface area contributed by atoms with E-state index >= 15 is 0 Å². The third kappa shape index (κ3) is 9.38. The van der Waals surface area contributed by atoms with Crippen LogP contribution in [0.5, 0.6) is 0 Å². The summed E-state index contributed by atoms with van der Waals surface area (Å²) in [5.74, 6) is -1.34. The minimum atomic E-state index is -0.996. The molecule has 1 unspecified atom stereocenters. The Balaban J connectivity index is 0.638. The summed E-state index contributed by atoms with van der Waals surface area (Å²) in [6, 6.07) is 4.83. The third-order valence-electron chi connectivity index (χ3n) is 15.8. The number of amides is 6. The minimum Gasteiger partial charge on any atom is -0.462 e. The summed E-state index contributed by atoms with van der Waals surface area (Å²) >= 11 is 0. The van der Waals surface area contributed by atoms with E-state index in [0.29, 0.717) is 36.5 Å². The number of imide groups is 2. The summed E-state index contributed by atoms with van der Waals surface area (Å²) in [5.41, 5.74) is 2.51. The largest absolute Gasteiger partial charge is 0.462 e. The van der Waals surface area contributed by atoms with Crippen LogP contribution in [-0.2, 0) is 31.0 Å². The molecule has 366 valence electrons. The number of nitrogens with zero attached hydrogens (tertiary/aromatic N) is 9. The van der Waals surface area contributed by atoms with Gasteiger partial charge in [-0.2, -0.15) is 10.1 Å². The number of aromatic nitrogens is 4. The number of hydrogen-bond donors (Lipinski definition) is 3. The SMILES string of the molecule is CCOC(=O)c1cnc(Nc2cnn(C)c2)nc1NC1CCC(N2CCN(C(=O)C3CCC(C(=O)N4CC5(CCN(c6ccc7c(c6)C(=O)N(C6CCC(=O)NC6=O)C7=O)CC5)C4)CC3)CC2)CC1. The average Bonchev–Trinajstić information content (AvgIpc) is 3.87. The van der Waals surface area contributed by atoms with Crippen LogP contribution in [0.3, 0.4) is 0 Å². The molecule has 20 nitrogen and oxygen atoms in total. The Morgan fingerprint density at radius 3 is 2.14 bits per heavy atom. The van der Waals surface area contributed by atoms with Crippen molar-refractivity contribution in [1.29, 1.82) is 0 Å². The van der Waals surface area contributed by atoms with E-state index in [1.165, 1.54) is 6.20 Å². The van der Waals surface area contributed by atoms with Crippen LogP contribution in [0.25, 0.3) is 0 Å². The highest BCUT2D eigenvalue weighted by Gasteiger charge is 2.49. The molecule has 1 aromatic carbocycles. The normalized spacial score (nSPS) is 26.1. The fourth-order valence-electron chi connectivity index (χ4n) is 11.8. The molecular formula is C49H62N12O8. The van der Waals surface area contributed by atoms with Gasteiger partial charge in [0.1, 0.15) is 17.4 Å². The van der Waals surface area contributed by atoms with Crippen molar-refractivity contribution in [3.63, 3.8) is 0 Å². The lowest BCUT2D eigenvalue weighted by Crippen LogP contribution is -2.63. The molecule has 0 radical (unpaired) electrons. The lowest BCUT2D eigenvalue weighted by Gasteiger charge is -2.55. The second kappa shape index (κ2) is 19.2. The standard InChI is InChI=1S/C49H62N12O8/c1-3-69-47(68)38-26-50-48(53-33-25-51-56(2)27-33)55-41(38)52-32-8-10-34(11-9-32)58-20-22-59(23-21-58)43(64)30-4-6-31(7-5-30)44(65)60-28-49(29-60)16-18-57(19-17-49)35-12-13-36-37(24-35)46(67)61(45(36)66)39-14-15-40(62)54-42(39)63/h12-13,24-27,30-32,34,39H,3-11,14-23,28-29H2,1-2H3,(H,54,62,63)(H2,50,52,53,55). The smallest absolute Gasteiger partial charge is 0.343 e. The summed E-state index contributed by atoms with van der Waals surface area (Å²) in [5, 5.41) is 13.1. The molecule has 4 saturated heterocycles. The molecular weight excluding hydrogens is 885 g/mol. The minimum absolute atomic E-state index is 0.0383. The van der Waals surface area contributed by atoms with Crippen molar-refractivity contribution < 1.29 is 38.3 Å². The number of hydrogen-bond acceptors (Lipinski definition) is 15. The van der Waals surface area contributed by atoms with Crippen LogP contribution in [0.15, 0.2) is 36.8 Å². The van der Waals surface area contributed by atoms with E-state index in [1.807, 2.05) is 29.1 Å². The van der Waals surface area contributed by atoms with Gasteiger partial charge in [-0.05, 0) is 95.8 Å². The molecule has 2 aromatic heterocycles. The van der Waals surface area contributed by atoms with Gasteiger partial charge in [-0.3, -0.25) is 48.6 Å². The summed E-state index contributed by atoms with van der Waals surface area (Å²) < 4.78 is 6.98. The highest BCUT2D eigenvalue weighted by atomic mass is 16.5. The molecule has 2 saturated carbocycles. The Morgan fingerprint density at radius 2 is 1.49 bits per heavy atom. The number of fused-ring (bicyclic) bond motifs is 1. The maximum absolute atomic E-state index is 13.8. The maximum Gasteiger partial charge on any atom is 0.343 e. The van der Waals surface area contributed by atoms with E-state index in [9.17, 15) is 33.6 Å². The number of rotatable bonds is 11. The van der Waals surface area contributed by atoms with Crippen LogP contribution >= 0.6 is 0 Å². The Bertz CT molecular complexity index is 2510. The van der Waals surface area contributed by atoms with Crippen molar-refractivity contribution in [3.8, 4) is 0 Å². The maximum atomic E-state index is 13.8. The number of aryl methyl sites for hydroxylation is 1. The Morgan fingerprint density at radius 1 is 0.812 bits per heavy atom. The van der Waals surface area contributed by atoms with Gasteiger partial charge >= 0.3 is 5.97 Å². The van der Waals surface area contributed by atoms with E-state index < -0.39 is 35.6 Å². The van der Waals surface area contributed by atoms with Crippen molar-refractivity contribution >= 4 is 64.6 Å². The second-order valence-electron chi connectivity index (χ2n) is 20.1. The van der Waals surface area contributed by atoms with Crippen LogP contribution < -0.4 is 20.9 Å². The number of piperidine rings is 2. The molecule has 6 fully saturated rings. The van der Waals surface area contributed by atoms with Gasteiger partial charge in [0, 0.05) is 113 Å². The molecule has 7 aliphatic rings. The van der Waals surface area contributed by atoms with Gasteiger partial charge in [-0.1, -0.05) is 0 Å². The lowest BCUT2D eigenvalue weighted by molar-refractivity contribution is -0.152. The molecule has 69 heavy (non-hydrogen) atoms. The lowest BCUT2D eigenvalue weighted by atomic mass is 9.71. The number of ether oxygens (including phenoxy) is 1. The predicted octanol–water partition coefficient (Wildman–Crippen LogP) is 3.33. The average molecular weight is 947 g/mol. The number of anilines is 4. The van der Waals surface area contributed by atoms with Crippen LogP contribution in [-0.4, -0.2) is 158 Å². The molecule has 3 N–H and O–H groups in total. The fraction of sp³-hybridized carbons (Fsp3) is 0.592. The number of nitrogens with one attached hydrogen (secondary N) is 3. The highest BCUT2D eigenvalue weighted by Crippen LogP contribution is 2.44. The first-order chi connectivity index (χ1) is 33.3. The molecule has 20 heteroatoms. The Labute approximate surface area is 400 Å². The van der Waals surface area contributed by atoms with Gasteiger partial charge < -0.3 is 30.1 Å². The summed E-state index contributed by atoms with van der Waals surface area (Å²) in [6.45, 7) is 8.15. The van der Waals surface area contributed by atoms with E-state index in [1.54, 1.807) is 29.9 Å². The summed E-state index contributed by atoms with van der Waals surface area (Å²) in [6.07, 6.45) is 13.8. The number of esters is 1. The molecule has 7 heterocycles. The zero-order valence-corrected chi connectivity index (χ0v) is 39.5. The van der Waals surface area contributed by atoms with E-state index in [4.69, 9.17) is 4.74 Å².